The van der Waals surface area contributed by atoms with Crippen molar-refractivity contribution in [2.45, 2.75) is 57.2 Å². The molecule has 0 radical (unpaired) electrons. The van der Waals surface area contributed by atoms with Gasteiger partial charge in [0, 0.05) is 91.6 Å². The third kappa shape index (κ3) is 5.91. The maximum Gasteiger partial charge on any atom is 0.410 e. The molecule has 3 aliphatic heterocycles. The second kappa shape index (κ2) is 11.9. The number of nitrogens with one attached hydrogen (secondary N) is 1. The number of ether oxygens (including phenoxy) is 1. The Morgan fingerprint density at radius 2 is 1.89 bits per heavy atom. The molecule has 1 amide bonds. The van der Waals surface area contributed by atoms with E-state index in [1.54, 1.807) is 21.2 Å². The van der Waals surface area contributed by atoms with Crippen LogP contribution in [0.5, 0.6) is 0 Å². The van der Waals surface area contributed by atoms with Gasteiger partial charge in [-0.15, -0.1) is 11.8 Å². The molecule has 0 saturated carbocycles. The molecule has 1 N–H and O–H groups in total. The van der Waals surface area contributed by atoms with Crippen molar-refractivity contribution in [1.82, 2.24) is 24.7 Å². The van der Waals surface area contributed by atoms with Gasteiger partial charge in [0.25, 0.3) is 0 Å². The number of piperazine rings is 2. The standard InChI is InChI=1S/C32H40F2N6O3S/c1-19-14-24-27-28(26(19)23-7-6-21(33)15-25(23)34)44-18-22(17-37-10-8-35-9-11-37)40(27)30(41)36-29(24)39-13-12-38(16-20(39)2)31(42)43-32(3,4)5/h6-7,14-15,20,22,35H,8-13,16-18H2,1-5H3/t20-,22-/m0/s1. The Kier molecular flexibility index (Phi) is 8.36. The van der Waals surface area contributed by atoms with Crippen LogP contribution in [0.3, 0.4) is 0 Å². The molecule has 0 spiro atoms. The minimum Gasteiger partial charge on any atom is -0.444 e. The molecule has 0 unspecified atom stereocenters. The number of carbonyl (C=O) groups is 1. The number of hydrogen-bond acceptors (Lipinski definition) is 8. The van der Waals surface area contributed by atoms with Crippen molar-refractivity contribution in [3.05, 3.63) is 51.9 Å². The molecular formula is C32H40F2N6O3S. The van der Waals surface area contributed by atoms with Gasteiger partial charge in [-0.2, -0.15) is 4.98 Å². The third-order valence-corrected chi connectivity index (χ3v) is 9.79. The molecule has 0 aliphatic carbocycles. The van der Waals surface area contributed by atoms with Gasteiger partial charge in [0.05, 0.1) is 11.6 Å². The maximum absolute atomic E-state index is 15.2. The highest BCUT2D eigenvalue weighted by atomic mass is 32.2. The fourth-order valence-corrected chi connectivity index (χ4v) is 7.93. The van der Waals surface area contributed by atoms with Crippen molar-refractivity contribution in [1.29, 1.82) is 0 Å². The van der Waals surface area contributed by atoms with Crippen LogP contribution < -0.4 is 15.9 Å². The Morgan fingerprint density at radius 3 is 2.57 bits per heavy atom. The van der Waals surface area contributed by atoms with Crippen molar-refractivity contribution in [2.75, 3.05) is 63.0 Å². The summed E-state index contributed by atoms with van der Waals surface area (Å²) in [6.45, 7) is 15.1. The molecule has 4 heterocycles. The van der Waals surface area contributed by atoms with E-state index in [0.717, 1.165) is 53.6 Å². The lowest BCUT2D eigenvalue weighted by Gasteiger charge is -2.41. The number of amides is 1. The highest BCUT2D eigenvalue weighted by molar-refractivity contribution is 7.99. The second-order valence-electron chi connectivity index (χ2n) is 13.0. The Bertz CT molecular complexity index is 1650. The van der Waals surface area contributed by atoms with E-state index in [-0.39, 0.29) is 23.9 Å². The number of nitrogens with zero attached hydrogens (tertiary/aromatic N) is 5. The molecule has 6 rings (SSSR count). The van der Waals surface area contributed by atoms with Crippen molar-refractivity contribution >= 4 is 34.6 Å². The van der Waals surface area contributed by atoms with Crippen LogP contribution in [-0.2, 0) is 4.74 Å². The highest BCUT2D eigenvalue weighted by Gasteiger charge is 2.35. The molecule has 3 aromatic rings. The molecule has 2 aromatic carbocycles. The zero-order valence-electron chi connectivity index (χ0n) is 26.0. The maximum atomic E-state index is 15.2. The van der Waals surface area contributed by atoms with E-state index < -0.39 is 17.2 Å². The van der Waals surface area contributed by atoms with Gasteiger partial charge in [0.2, 0.25) is 0 Å². The summed E-state index contributed by atoms with van der Waals surface area (Å²) in [7, 11) is 0. The second-order valence-corrected chi connectivity index (χ2v) is 14.0. The third-order valence-electron chi connectivity index (χ3n) is 8.56. The molecule has 9 nitrogen and oxygen atoms in total. The largest absolute Gasteiger partial charge is 0.444 e. The molecular weight excluding hydrogens is 586 g/mol. The number of rotatable bonds is 4. The number of carbonyl (C=O) groups excluding carboxylic acids is 1. The summed E-state index contributed by atoms with van der Waals surface area (Å²) in [5.41, 5.74) is 1.61. The van der Waals surface area contributed by atoms with Gasteiger partial charge in [-0.3, -0.25) is 9.47 Å². The first-order chi connectivity index (χ1) is 20.9. The summed E-state index contributed by atoms with van der Waals surface area (Å²) in [5, 5.41) is 4.20. The minimum atomic E-state index is -0.637. The molecule has 44 heavy (non-hydrogen) atoms. The molecule has 3 aliphatic rings. The summed E-state index contributed by atoms with van der Waals surface area (Å²) in [5.74, 6) is -0.0687. The van der Waals surface area contributed by atoms with Gasteiger partial charge in [0.1, 0.15) is 23.1 Å². The first-order valence-corrected chi connectivity index (χ1v) is 16.3. The van der Waals surface area contributed by atoms with E-state index in [1.807, 2.05) is 40.7 Å². The number of anilines is 1. The zero-order valence-corrected chi connectivity index (χ0v) is 26.8. The number of aryl methyl sites for hydroxylation is 1. The summed E-state index contributed by atoms with van der Waals surface area (Å²) in [6.07, 6.45) is -0.358. The van der Waals surface area contributed by atoms with Crippen LogP contribution in [0.4, 0.5) is 19.4 Å². The van der Waals surface area contributed by atoms with E-state index in [0.29, 0.717) is 48.9 Å². The molecule has 1 aromatic heterocycles. The predicted molar refractivity (Wildman–Crippen MR) is 170 cm³/mol. The van der Waals surface area contributed by atoms with Crippen LogP contribution in [0, 0.1) is 18.6 Å². The fraction of sp³-hybridized carbons (Fsp3) is 0.531. The van der Waals surface area contributed by atoms with Crippen molar-refractivity contribution in [3.8, 4) is 11.1 Å². The summed E-state index contributed by atoms with van der Waals surface area (Å²) < 4.78 is 36.6. The normalized spacial score (nSPS) is 21.2. The van der Waals surface area contributed by atoms with Crippen molar-refractivity contribution < 1.29 is 18.3 Å². The Morgan fingerprint density at radius 1 is 1.14 bits per heavy atom. The van der Waals surface area contributed by atoms with Crippen LogP contribution in [0.15, 0.2) is 34.0 Å². The number of halogens is 2. The van der Waals surface area contributed by atoms with Gasteiger partial charge < -0.3 is 19.9 Å². The number of hydrogen-bond donors (Lipinski definition) is 1. The van der Waals surface area contributed by atoms with E-state index >= 15 is 4.39 Å². The fourth-order valence-electron chi connectivity index (χ4n) is 6.56. The molecule has 2 atom stereocenters. The first-order valence-electron chi connectivity index (χ1n) is 15.3. The first kappa shape index (κ1) is 30.8. The van der Waals surface area contributed by atoms with Gasteiger partial charge in [-0.1, -0.05) is 0 Å². The number of benzene rings is 2. The smallest absolute Gasteiger partial charge is 0.410 e. The van der Waals surface area contributed by atoms with Crippen LogP contribution in [-0.4, -0.2) is 95.2 Å². The SMILES string of the molecule is Cc1cc2c(N3CCN(C(=O)OC(C)(C)C)C[C@@H]3C)nc(=O)n3c2c(c1-c1ccc(F)cc1F)SC[C@@H]3CN1CCNCC1. The molecule has 2 saturated heterocycles. The number of aromatic nitrogens is 2. The van der Waals surface area contributed by atoms with E-state index in [1.165, 1.54) is 12.1 Å². The zero-order chi connectivity index (χ0) is 31.3. The van der Waals surface area contributed by atoms with Crippen LogP contribution in [0.2, 0.25) is 0 Å². The van der Waals surface area contributed by atoms with Crippen LogP contribution in [0.1, 0.15) is 39.3 Å². The van der Waals surface area contributed by atoms with Crippen LogP contribution >= 0.6 is 11.8 Å². The lowest BCUT2D eigenvalue weighted by atomic mass is 9.96. The average Bonchev–Trinajstić information content (AvgIpc) is 2.95. The van der Waals surface area contributed by atoms with Gasteiger partial charge in [-0.05, 0) is 58.4 Å². The lowest BCUT2D eigenvalue weighted by molar-refractivity contribution is 0.0218. The van der Waals surface area contributed by atoms with Gasteiger partial charge >= 0.3 is 11.8 Å². The van der Waals surface area contributed by atoms with Crippen molar-refractivity contribution in [3.63, 3.8) is 0 Å². The molecule has 12 heteroatoms. The molecule has 2 fully saturated rings. The van der Waals surface area contributed by atoms with E-state index in [2.05, 4.69) is 15.1 Å². The average molecular weight is 627 g/mol. The Hall–Kier alpha value is -3.22. The summed E-state index contributed by atoms with van der Waals surface area (Å²) in [6, 6.07) is 5.39. The monoisotopic (exact) mass is 626 g/mol. The summed E-state index contributed by atoms with van der Waals surface area (Å²) >= 11 is 1.62. The summed E-state index contributed by atoms with van der Waals surface area (Å²) in [4.78, 5) is 38.5. The van der Waals surface area contributed by atoms with Gasteiger partial charge in [-0.25, -0.2) is 18.4 Å². The quantitative estimate of drug-likeness (QED) is 0.449. The number of thioether (sulfide) groups is 1. The molecule has 236 valence electrons. The highest BCUT2D eigenvalue weighted by Crippen LogP contribution is 2.46. The predicted octanol–water partition coefficient (Wildman–Crippen LogP) is 4.65. The lowest BCUT2D eigenvalue weighted by Crippen LogP contribution is -2.55. The molecule has 0 bridgehead atoms. The minimum absolute atomic E-state index is 0.114. The van der Waals surface area contributed by atoms with Crippen LogP contribution in [0.25, 0.3) is 22.0 Å². The Labute approximate surface area is 260 Å². The van der Waals surface area contributed by atoms with E-state index in [4.69, 9.17) is 9.72 Å². The van der Waals surface area contributed by atoms with Gasteiger partial charge in [0.15, 0.2) is 0 Å². The van der Waals surface area contributed by atoms with Crippen molar-refractivity contribution in [2.24, 2.45) is 0 Å². The topological polar surface area (TPSA) is 82.9 Å². The van der Waals surface area contributed by atoms with E-state index in [9.17, 15) is 14.0 Å². The Balaban J connectivity index is 1.46.